The molecule has 0 aliphatic carbocycles. The number of thiazole rings is 1. The highest BCUT2D eigenvalue weighted by atomic mass is 35.5. The fourth-order valence-electron chi connectivity index (χ4n) is 2.24. The average molecular weight is 487 g/mol. The van der Waals surface area contributed by atoms with E-state index in [4.69, 9.17) is 34.8 Å². The molecule has 0 saturated carbocycles. The van der Waals surface area contributed by atoms with Crippen LogP contribution in [0.4, 0.5) is 11.4 Å². The number of amides is 2. The lowest BCUT2D eigenvalue weighted by Crippen LogP contribution is -2.14. The van der Waals surface area contributed by atoms with Crippen LogP contribution in [-0.2, 0) is 16.0 Å². The second kappa shape index (κ2) is 10.3. The summed E-state index contributed by atoms with van der Waals surface area (Å²) in [5, 5.41) is 8.74. The Bertz CT molecular complexity index is 1030. The van der Waals surface area contributed by atoms with E-state index in [0.29, 0.717) is 36.5 Å². The van der Waals surface area contributed by atoms with Crippen LogP contribution in [0, 0.1) is 0 Å². The van der Waals surface area contributed by atoms with Gasteiger partial charge in [0.1, 0.15) is 0 Å². The van der Waals surface area contributed by atoms with Gasteiger partial charge in [-0.05, 0) is 42.5 Å². The molecule has 0 aliphatic rings. The Hall–Kier alpha value is -1.77. The van der Waals surface area contributed by atoms with Crippen molar-refractivity contribution in [3.05, 3.63) is 68.6 Å². The first kappa shape index (κ1) is 21.9. The van der Waals surface area contributed by atoms with Gasteiger partial charge in [0.2, 0.25) is 11.8 Å². The maximum atomic E-state index is 12.2. The van der Waals surface area contributed by atoms with Gasteiger partial charge in [0.25, 0.3) is 0 Å². The number of nitrogens with one attached hydrogen (secondary N) is 2. The number of thioether (sulfide) groups is 1. The molecule has 5 nitrogen and oxygen atoms in total. The van der Waals surface area contributed by atoms with Gasteiger partial charge in [-0.25, -0.2) is 4.98 Å². The summed E-state index contributed by atoms with van der Waals surface area (Å²) in [6.07, 6.45) is 0.119. The second-order valence-corrected chi connectivity index (χ2v) is 9.13. The maximum Gasteiger partial charge on any atom is 0.234 e. The SMILES string of the molecule is O=C(CSc1nc(CC(=O)Nc2ccc(Cl)c(Cl)c2)cs1)Nc1ccc(Cl)cc1. The fraction of sp³-hybridized carbons (Fsp3) is 0.105. The molecule has 2 amide bonds. The number of benzene rings is 2. The summed E-state index contributed by atoms with van der Waals surface area (Å²) in [5.41, 5.74) is 1.88. The quantitative estimate of drug-likeness (QED) is 0.401. The van der Waals surface area contributed by atoms with Gasteiger partial charge >= 0.3 is 0 Å². The lowest BCUT2D eigenvalue weighted by Gasteiger charge is -2.05. The van der Waals surface area contributed by atoms with Crippen LogP contribution in [0.15, 0.2) is 52.2 Å². The van der Waals surface area contributed by atoms with Gasteiger partial charge in [0, 0.05) is 21.8 Å². The molecular formula is C19H14Cl3N3O2S2. The normalized spacial score (nSPS) is 10.6. The van der Waals surface area contributed by atoms with Gasteiger partial charge in [-0.15, -0.1) is 11.3 Å². The molecule has 1 aromatic heterocycles. The third-order valence-electron chi connectivity index (χ3n) is 3.53. The second-order valence-electron chi connectivity index (χ2n) is 5.80. The molecule has 2 N–H and O–H groups in total. The zero-order valence-electron chi connectivity index (χ0n) is 14.7. The lowest BCUT2D eigenvalue weighted by molar-refractivity contribution is -0.116. The Morgan fingerprint density at radius 1 is 0.931 bits per heavy atom. The molecule has 0 saturated heterocycles. The van der Waals surface area contributed by atoms with Crippen LogP contribution in [0.3, 0.4) is 0 Å². The summed E-state index contributed by atoms with van der Waals surface area (Å²) in [4.78, 5) is 28.6. The Morgan fingerprint density at radius 2 is 1.62 bits per heavy atom. The summed E-state index contributed by atoms with van der Waals surface area (Å²) in [6, 6.07) is 11.8. The largest absolute Gasteiger partial charge is 0.326 e. The predicted octanol–water partition coefficient (Wildman–Crippen LogP) is 6.02. The first-order valence-electron chi connectivity index (χ1n) is 8.26. The number of rotatable bonds is 7. The van der Waals surface area contributed by atoms with Gasteiger partial charge in [0.15, 0.2) is 4.34 Å². The van der Waals surface area contributed by atoms with E-state index in [1.807, 2.05) is 0 Å². The van der Waals surface area contributed by atoms with Gasteiger partial charge in [-0.3, -0.25) is 9.59 Å². The number of hydrogen-bond donors (Lipinski definition) is 2. The number of nitrogens with zero attached hydrogens (tertiary/aromatic N) is 1. The van der Waals surface area contributed by atoms with Gasteiger partial charge in [0.05, 0.1) is 27.9 Å². The fourth-order valence-corrected chi connectivity index (χ4v) is 4.31. The van der Waals surface area contributed by atoms with Crippen LogP contribution >= 0.6 is 57.9 Å². The highest BCUT2D eigenvalue weighted by Crippen LogP contribution is 2.26. The van der Waals surface area contributed by atoms with Crippen LogP contribution in [0.2, 0.25) is 15.1 Å². The van der Waals surface area contributed by atoms with Crippen molar-refractivity contribution >= 4 is 81.1 Å². The minimum absolute atomic E-state index is 0.119. The molecule has 1 heterocycles. The number of carbonyl (C=O) groups is 2. The van der Waals surface area contributed by atoms with Crippen molar-refractivity contribution in [1.82, 2.24) is 4.98 Å². The molecule has 0 radical (unpaired) electrons. The number of halogens is 3. The zero-order valence-corrected chi connectivity index (χ0v) is 18.6. The summed E-state index contributed by atoms with van der Waals surface area (Å²) in [7, 11) is 0. The molecule has 3 aromatic rings. The summed E-state index contributed by atoms with van der Waals surface area (Å²) >= 11 is 20.3. The lowest BCUT2D eigenvalue weighted by atomic mass is 10.3. The van der Waals surface area contributed by atoms with Crippen LogP contribution in [0.1, 0.15) is 5.69 Å². The minimum atomic E-state index is -0.217. The monoisotopic (exact) mass is 485 g/mol. The Morgan fingerprint density at radius 3 is 2.34 bits per heavy atom. The van der Waals surface area contributed by atoms with Crippen LogP contribution < -0.4 is 10.6 Å². The molecule has 10 heteroatoms. The molecule has 0 spiro atoms. The molecule has 29 heavy (non-hydrogen) atoms. The summed E-state index contributed by atoms with van der Waals surface area (Å²) in [5.74, 6) is -0.150. The first-order chi connectivity index (χ1) is 13.9. The molecule has 3 rings (SSSR count). The highest BCUT2D eigenvalue weighted by Gasteiger charge is 2.11. The minimum Gasteiger partial charge on any atom is -0.326 e. The van der Waals surface area contributed by atoms with E-state index in [1.54, 1.807) is 47.8 Å². The van der Waals surface area contributed by atoms with E-state index >= 15 is 0 Å². The molecule has 0 aliphatic heterocycles. The molecule has 0 bridgehead atoms. The molecule has 0 atom stereocenters. The van der Waals surface area contributed by atoms with Gasteiger partial charge in [-0.1, -0.05) is 46.6 Å². The van der Waals surface area contributed by atoms with E-state index in [9.17, 15) is 9.59 Å². The topological polar surface area (TPSA) is 71.1 Å². The van der Waals surface area contributed by atoms with E-state index < -0.39 is 0 Å². The standard InChI is InChI=1S/C19H14Cl3N3O2S2/c20-11-1-3-12(4-2-11)23-18(27)10-29-19-25-14(9-28-19)8-17(26)24-13-5-6-15(21)16(22)7-13/h1-7,9H,8,10H2,(H,23,27)(H,24,26). The molecular weight excluding hydrogens is 473 g/mol. The van der Waals surface area contributed by atoms with Crippen LogP contribution in [0.5, 0.6) is 0 Å². The van der Waals surface area contributed by atoms with Crippen molar-refractivity contribution in [2.45, 2.75) is 10.8 Å². The maximum absolute atomic E-state index is 12.2. The molecule has 0 unspecified atom stereocenters. The zero-order chi connectivity index (χ0) is 20.8. The van der Waals surface area contributed by atoms with E-state index in [-0.39, 0.29) is 24.0 Å². The number of aromatic nitrogens is 1. The van der Waals surface area contributed by atoms with E-state index in [1.165, 1.54) is 23.1 Å². The highest BCUT2D eigenvalue weighted by molar-refractivity contribution is 8.01. The predicted molar refractivity (Wildman–Crippen MR) is 122 cm³/mol. The van der Waals surface area contributed by atoms with Crippen molar-refractivity contribution in [3.8, 4) is 0 Å². The van der Waals surface area contributed by atoms with Crippen molar-refractivity contribution in [2.75, 3.05) is 16.4 Å². The molecule has 0 fully saturated rings. The van der Waals surface area contributed by atoms with Crippen molar-refractivity contribution in [1.29, 1.82) is 0 Å². The average Bonchev–Trinajstić information content (AvgIpc) is 3.12. The molecule has 150 valence electrons. The summed E-state index contributed by atoms with van der Waals surface area (Å²) < 4.78 is 0.716. The van der Waals surface area contributed by atoms with E-state index in [2.05, 4.69) is 15.6 Å². The van der Waals surface area contributed by atoms with Crippen LogP contribution in [-0.4, -0.2) is 22.6 Å². The third kappa shape index (κ3) is 6.90. The Kier molecular flexibility index (Phi) is 7.80. The van der Waals surface area contributed by atoms with Gasteiger partial charge < -0.3 is 10.6 Å². The van der Waals surface area contributed by atoms with Gasteiger partial charge in [-0.2, -0.15) is 0 Å². The van der Waals surface area contributed by atoms with Crippen molar-refractivity contribution in [3.63, 3.8) is 0 Å². The van der Waals surface area contributed by atoms with E-state index in [0.717, 1.165) is 0 Å². The van der Waals surface area contributed by atoms with Crippen molar-refractivity contribution in [2.24, 2.45) is 0 Å². The Balaban J connectivity index is 1.47. The Labute approximate surface area is 190 Å². The number of carbonyl (C=O) groups excluding carboxylic acids is 2. The number of hydrogen-bond acceptors (Lipinski definition) is 5. The smallest absolute Gasteiger partial charge is 0.234 e. The third-order valence-corrected chi connectivity index (χ3v) is 6.59. The van der Waals surface area contributed by atoms with Crippen molar-refractivity contribution < 1.29 is 9.59 Å². The van der Waals surface area contributed by atoms with Crippen LogP contribution in [0.25, 0.3) is 0 Å². The number of anilines is 2. The first-order valence-corrected chi connectivity index (χ1v) is 11.3. The molecule has 2 aromatic carbocycles. The summed E-state index contributed by atoms with van der Waals surface area (Å²) in [6.45, 7) is 0.